The summed E-state index contributed by atoms with van der Waals surface area (Å²) in [6.45, 7) is 9.84. The molecule has 0 radical (unpaired) electrons. The fourth-order valence-corrected chi connectivity index (χ4v) is 2.70. The highest BCUT2D eigenvalue weighted by atomic mass is 79.9. The van der Waals surface area contributed by atoms with Crippen LogP contribution in [0, 0.1) is 0 Å². The van der Waals surface area contributed by atoms with Crippen LogP contribution in [0.25, 0.3) is 0 Å². The van der Waals surface area contributed by atoms with Gasteiger partial charge in [-0.2, -0.15) is 5.10 Å². The van der Waals surface area contributed by atoms with Crippen LogP contribution in [0.2, 0.25) is 0 Å². The average Bonchev–Trinajstić information content (AvgIpc) is 2.61. The predicted molar refractivity (Wildman–Crippen MR) is 73.1 cm³/mol. The molecule has 0 bridgehead atoms. The Morgan fingerprint density at radius 1 is 1.53 bits per heavy atom. The van der Waals surface area contributed by atoms with E-state index in [0.717, 1.165) is 16.7 Å². The summed E-state index contributed by atoms with van der Waals surface area (Å²) < 4.78 is 8.85. The van der Waals surface area contributed by atoms with Gasteiger partial charge in [-0.1, -0.05) is 0 Å². The molecular formula is C12H22BrN3O. The fraction of sp³-hybridized carbons (Fsp3) is 0.750. The Balaban J connectivity index is 3.12. The monoisotopic (exact) mass is 303 g/mol. The van der Waals surface area contributed by atoms with Gasteiger partial charge in [0.1, 0.15) is 0 Å². The van der Waals surface area contributed by atoms with Gasteiger partial charge in [0.05, 0.1) is 28.0 Å². The van der Waals surface area contributed by atoms with Crippen molar-refractivity contribution in [3.8, 4) is 0 Å². The average molecular weight is 304 g/mol. The Labute approximate surface area is 112 Å². The standard InChI is InChI=1S/C12H22BrN3O/c1-6-16-10(9(13)8-15-16)11(14-5)12(3,4)17-7-2/h8,11,14H,6-7H2,1-5H3. The van der Waals surface area contributed by atoms with Crippen LogP contribution in [0.4, 0.5) is 0 Å². The molecule has 4 nitrogen and oxygen atoms in total. The van der Waals surface area contributed by atoms with Gasteiger partial charge in [-0.15, -0.1) is 0 Å². The van der Waals surface area contributed by atoms with Crippen LogP contribution in [-0.4, -0.2) is 29.0 Å². The molecule has 1 aromatic heterocycles. The lowest BCUT2D eigenvalue weighted by atomic mass is 9.95. The van der Waals surface area contributed by atoms with Crippen molar-refractivity contribution in [3.05, 3.63) is 16.4 Å². The molecule has 0 aromatic carbocycles. The summed E-state index contributed by atoms with van der Waals surface area (Å²) in [6, 6.07) is 0.0966. The molecule has 1 N–H and O–H groups in total. The Kier molecular flexibility index (Phi) is 5.16. The lowest BCUT2D eigenvalue weighted by molar-refractivity contribution is -0.0396. The van der Waals surface area contributed by atoms with Crippen molar-refractivity contribution in [1.82, 2.24) is 15.1 Å². The van der Waals surface area contributed by atoms with Crippen LogP contribution < -0.4 is 5.32 Å². The zero-order valence-electron chi connectivity index (χ0n) is 11.2. The number of likely N-dealkylation sites (N-methyl/N-ethyl adjacent to an activating group) is 1. The molecule has 0 amide bonds. The molecule has 0 saturated heterocycles. The van der Waals surface area contributed by atoms with Crippen LogP contribution in [0.1, 0.15) is 39.4 Å². The van der Waals surface area contributed by atoms with Crippen LogP contribution in [0.3, 0.4) is 0 Å². The summed E-state index contributed by atoms with van der Waals surface area (Å²) in [4.78, 5) is 0. The maximum absolute atomic E-state index is 5.84. The highest BCUT2D eigenvalue weighted by Crippen LogP contribution is 2.33. The maximum atomic E-state index is 5.84. The SMILES string of the molecule is CCOC(C)(C)C(NC)c1c(Br)cnn1CC. The quantitative estimate of drug-likeness (QED) is 0.878. The molecule has 0 fully saturated rings. The summed E-state index contributed by atoms with van der Waals surface area (Å²) in [5.41, 5.74) is 0.854. The molecular weight excluding hydrogens is 282 g/mol. The van der Waals surface area contributed by atoms with Crippen LogP contribution in [-0.2, 0) is 11.3 Å². The number of nitrogens with one attached hydrogen (secondary N) is 1. The van der Waals surface area contributed by atoms with Crippen molar-refractivity contribution < 1.29 is 4.74 Å². The van der Waals surface area contributed by atoms with Gasteiger partial charge < -0.3 is 10.1 Å². The minimum Gasteiger partial charge on any atom is -0.374 e. The molecule has 1 heterocycles. The summed E-state index contributed by atoms with van der Waals surface area (Å²) in [5.74, 6) is 0. The highest BCUT2D eigenvalue weighted by molar-refractivity contribution is 9.10. The molecule has 1 aromatic rings. The second-order valence-corrected chi connectivity index (χ2v) is 5.31. The lowest BCUT2D eigenvalue weighted by Gasteiger charge is -2.34. The molecule has 0 aliphatic rings. The van der Waals surface area contributed by atoms with E-state index in [2.05, 4.69) is 47.1 Å². The molecule has 5 heteroatoms. The molecule has 17 heavy (non-hydrogen) atoms. The van der Waals surface area contributed by atoms with E-state index in [0.29, 0.717) is 6.61 Å². The molecule has 1 unspecified atom stereocenters. The number of aromatic nitrogens is 2. The van der Waals surface area contributed by atoms with Crippen molar-refractivity contribution in [1.29, 1.82) is 0 Å². The van der Waals surface area contributed by atoms with Crippen molar-refractivity contribution in [2.75, 3.05) is 13.7 Å². The first kappa shape index (κ1) is 14.7. The predicted octanol–water partition coefficient (Wildman–Crippen LogP) is 2.74. The Morgan fingerprint density at radius 3 is 2.65 bits per heavy atom. The molecule has 1 atom stereocenters. The number of ether oxygens (including phenoxy) is 1. The van der Waals surface area contributed by atoms with Crippen LogP contribution in [0.15, 0.2) is 10.7 Å². The first-order valence-corrected chi connectivity index (χ1v) is 6.79. The maximum Gasteiger partial charge on any atom is 0.0835 e. The molecule has 1 rings (SSSR count). The third-order valence-electron chi connectivity index (χ3n) is 2.91. The zero-order valence-corrected chi connectivity index (χ0v) is 12.8. The smallest absolute Gasteiger partial charge is 0.0835 e. The van der Waals surface area contributed by atoms with Crippen LogP contribution >= 0.6 is 15.9 Å². The summed E-state index contributed by atoms with van der Waals surface area (Å²) in [6.07, 6.45) is 1.84. The van der Waals surface area contributed by atoms with Gasteiger partial charge in [0.25, 0.3) is 0 Å². The van der Waals surface area contributed by atoms with Gasteiger partial charge in [-0.05, 0) is 50.7 Å². The van der Waals surface area contributed by atoms with Crippen molar-refractivity contribution in [2.24, 2.45) is 0 Å². The molecule has 0 aliphatic heterocycles. The van der Waals surface area contributed by atoms with Gasteiger partial charge >= 0.3 is 0 Å². The van der Waals surface area contributed by atoms with E-state index in [1.165, 1.54) is 0 Å². The van der Waals surface area contributed by atoms with E-state index < -0.39 is 0 Å². The van der Waals surface area contributed by atoms with Crippen molar-refractivity contribution in [3.63, 3.8) is 0 Å². The van der Waals surface area contributed by atoms with E-state index in [1.54, 1.807) is 0 Å². The summed E-state index contributed by atoms with van der Waals surface area (Å²) >= 11 is 3.56. The normalized spacial score (nSPS) is 14.0. The van der Waals surface area contributed by atoms with E-state index in [-0.39, 0.29) is 11.6 Å². The minimum atomic E-state index is -0.279. The van der Waals surface area contributed by atoms with E-state index >= 15 is 0 Å². The first-order chi connectivity index (χ1) is 7.97. The second kappa shape index (κ2) is 5.98. The van der Waals surface area contributed by atoms with E-state index in [1.807, 2.05) is 24.9 Å². The number of aryl methyl sites for hydroxylation is 1. The van der Waals surface area contributed by atoms with E-state index in [4.69, 9.17) is 4.74 Å². The largest absolute Gasteiger partial charge is 0.374 e. The van der Waals surface area contributed by atoms with Crippen molar-refractivity contribution >= 4 is 15.9 Å². The van der Waals surface area contributed by atoms with Gasteiger partial charge in [0, 0.05) is 13.2 Å². The number of nitrogens with zero attached hydrogens (tertiary/aromatic N) is 2. The van der Waals surface area contributed by atoms with Crippen molar-refractivity contribution in [2.45, 2.75) is 45.9 Å². The van der Waals surface area contributed by atoms with Crippen LogP contribution in [0.5, 0.6) is 0 Å². The molecule has 0 saturated carbocycles. The number of hydrogen-bond donors (Lipinski definition) is 1. The first-order valence-electron chi connectivity index (χ1n) is 6.00. The lowest BCUT2D eigenvalue weighted by Crippen LogP contribution is -2.41. The summed E-state index contributed by atoms with van der Waals surface area (Å²) in [5, 5.41) is 7.68. The zero-order chi connectivity index (χ0) is 13.1. The second-order valence-electron chi connectivity index (χ2n) is 4.45. The Hall–Kier alpha value is -0.390. The van der Waals surface area contributed by atoms with Gasteiger partial charge in [0.2, 0.25) is 0 Å². The molecule has 0 spiro atoms. The third-order valence-corrected chi connectivity index (χ3v) is 3.52. The van der Waals surface area contributed by atoms with Gasteiger partial charge in [0.15, 0.2) is 0 Å². The van der Waals surface area contributed by atoms with Gasteiger partial charge in [-0.3, -0.25) is 4.68 Å². The number of rotatable bonds is 6. The minimum absolute atomic E-state index is 0.0966. The number of halogens is 1. The summed E-state index contributed by atoms with van der Waals surface area (Å²) in [7, 11) is 1.95. The molecule has 98 valence electrons. The van der Waals surface area contributed by atoms with Gasteiger partial charge in [-0.25, -0.2) is 0 Å². The highest BCUT2D eigenvalue weighted by Gasteiger charge is 2.34. The fourth-order valence-electron chi connectivity index (χ4n) is 2.18. The van der Waals surface area contributed by atoms with E-state index in [9.17, 15) is 0 Å². The topological polar surface area (TPSA) is 39.1 Å². The Morgan fingerprint density at radius 2 is 2.18 bits per heavy atom. The number of hydrogen-bond acceptors (Lipinski definition) is 3. The molecule has 0 aliphatic carbocycles. The third kappa shape index (κ3) is 3.09. The Bertz CT molecular complexity index is 363.